The average molecular weight is 495 g/mol. The highest BCUT2D eigenvalue weighted by Gasteiger charge is 2.26. The molecule has 0 radical (unpaired) electrons. The molecule has 0 spiro atoms. The molecule has 2 aromatic rings. The summed E-state index contributed by atoms with van der Waals surface area (Å²) in [6, 6.07) is 9.20. The molecule has 0 fully saturated rings. The summed E-state index contributed by atoms with van der Waals surface area (Å²) in [6.07, 6.45) is 3.30. The molecule has 1 heterocycles. The number of nitrogens with zero attached hydrogens (tertiary/aromatic N) is 2. The minimum absolute atomic E-state index is 0. The van der Waals surface area contributed by atoms with Crippen molar-refractivity contribution in [2.75, 3.05) is 0 Å². The van der Waals surface area contributed by atoms with E-state index in [1.54, 1.807) is 12.4 Å². The quantitative estimate of drug-likeness (QED) is 0.262. The number of hydrogen-bond acceptors (Lipinski definition) is 4. The molecule has 0 saturated heterocycles. The Balaban J connectivity index is 0.00000242. The second-order valence-corrected chi connectivity index (χ2v) is 6.23. The number of alkyl halides is 2. The van der Waals surface area contributed by atoms with Gasteiger partial charge in [0.2, 0.25) is 0 Å². The zero-order chi connectivity index (χ0) is 15.4. The van der Waals surface area contributed by atoms with Gasteiger partial charge in [0.15, 0.2) is 5.78 Å². The first kappa shape index (κ1) is 18.9. The van der Waals surface area contributed by atoms with Crippen molar-refractivity contribution in [3.63, 3.8) is 0 Å². The number of carbonyl (C=O) groups is 1. The minimum Gasteiger partial charge on any atom is -0.293 e. The van der Waals surface area contributed by atoms with E-state index in [4.69, 9.17) is 0 Å². The van der Waals surface area contributed by atoms with Gasteiger partial charge in [-0.15, -0.1) is 17.0 Å². The van der Waals surface area contributed by atoms with Crippen molar-refractivity contribution in [2.24, 2.45) is 0 Å². The lowest BCUT2D eigenvalue weighted by molar-refractivity contribution is -0.384. The first-order valence-electron chi connectivity index (χ1n) is 5.97. The topological polar surface area (TPSA) is 73.1 Å². The highest BCUT2D eigenvalue weighted by molar-refractivity contribution is 9.12. The van der Waals surface area contributed by atoms with Crippen LogP contribution in [0.15, 0.2) is 48.8 Å². The van der Waals surface area contributed by atoms with E-state index in [-0.39, 0.29) is 33.3 Å². The maximum atomic E-state index is 12.4. The number of benzene rings is 1. The summed E-state index contributed by atoms with van der Waals surface area (Å²) in [5, 5.41) is 10.6. The van der Waals surface area contributed by atoms with Crippen molar-refractivity contribution >= 4 is 60.3 Å². The van der Waals surface area contributed by atoms with Gasteiger partial charge >= 0.3 is 0 Å². The van der Waals surface area contributed by atoms with Crippen LogP contribution in [0.5, 0.6) is 0 Å². The molecule has 8 heteroatoms. The summed E-state index contributed by atoms with van der Waals surface area (Å²) in [5.74, 6) is -0.149. The van der Waals surface area contributed by atoms with Crippen LogP contribution >= 0.6 is 48.8 Å². The van der Waals surface area contributed by atoms with Gasteiger partial charge in [-0.2, -0.15) is 0 Å². The number of ketones is 1. The fraction of sp³-hybridized carbons (Fsp3) is 0.143. The summed E-state index contributed by atoms with van der Waals surface area (Å²) in [7, 11) is 0. The molecule has 22 heavy (non-hydrogen) atoms. The van der Waals surface area contributed by atoms with Gasteiger partial charge in [-0.3, -0.25) is 19.9 Å². The Morgan fingerprint density at radius 2 is 1.64 bits per heavy atom. The number of Topliss-reactive ketones (excluding diaryl/α,β-unsaturated/α-hetero) is 1. The maximum Gasteiger partial charge on any atom is 0.269 e. The SMILES string of the molecule is Br.O=C(c1ccc([N+](=O)[O-])cc1)C(Br)C(Br)c1ccncc1. The van der Waals surface area contributed by atoms with Gasteiger partial charge in [-0.05, 0) is 29.8 Å². The fourth-order valence-corrected chi connectivity index (χ4v) is 2.87. The van der Waals surface area contributed by atoms with E-state index in [2.05, 4.69) is 36.8 Å². The first-order valence-corrected chi connectivity index (χ1v) is 7.80. The van der Waals surface area contributed by atoms with Crippen molar-refractivity contribution in [3.8, 4) is 0 Å². The van der Waals surface area contributed by atoms with Crippen molar-refractivity contribution in [1.29, 1.82) is 0 Å². The van der Waals surface area contributed by atoms with Crippen LogP contribution in [0.2, 0.25) is 0 Å². The number of halogens is 3. The van der Waals surface area contributed by atoms with Crippen molar-refractivity contribution in [2.45, 2.75) is 9.65 Å². The van der Waals surface area contributed by atoms with Gasteiger partial charge < -0.3 is 0 Å². The lowest BCUT2D eigenvalue weighted by Gasteiger charge is -2.16. The molecule has 0 aliphatic rings. The van der Waals surface area contributed by atoms with Crippen LogP contribution in [0.3, 0.4) is 0 Å². The molecule has 1 aromatic heterocycles. The number of pyridine rings is 1. The summed E-state index contributed by atoms with van der Waals surface area (Å²) in [5.41, 5.74) is 1.30. The van der Waals surface area contributed by atoms with Gasteiger partial charge in [0, 0.05) is 30.1 Å². The Kier molecular flexibility index (Phi) is 7.31. The number of non-ortho nitro benzene ring substituents is 1. The number of nitro benzene ring substituents is 1. The highest BCUT2D eigenvalue weighted by Crippen LogP contribution is 2.33. The molecule has 2 atom stereocenters. The van der Waals surface area contributed by atoms with Gasteiger partial charge in [0.05, 0.1) is 14.6 Å². The van der Waals surface area contributed by atoms with E-state index in [1.165, 1.54) is 24.3 Å². The Labute approximate surface area is 154 Å². The van der Waals surface area contributed by atoms with E-state index < -0.39 is 9.75 Å². The molecular weight excluding hydrogens is 484 g/mol. The molecule has 0 bridgehead atoms. The smallest absolute Gasteiger partial charge is 0.269 e. The Morgan fingerprint density at radius 1 is 1.09 bits per heavy atom. The highest BCUT2D eigenvalue weighted by atomic mass is 79.9. The normalized spacial score (nSPS) is 12.8. The number of rotatable bonds is 5. The van der Waals surface area contributed by atoms with Crippen molar-refractivity contribution < 1.29 is 9.72 Å². The Morgan fingerprint density at radius 3 is 2.14 bits per heavy atom. The van der Waals surface area contributed by atoms with Crippen molar-refractivity contribution in [1.82, 2.24) is 4.98 Å². The predicted octanol–water partition coefficient (Wildman–Crippen LogP) is 4.65. The number of carbonyl (C=O) groups excluding carboxylic acids is 1. The first-order chi connectivity index (χ1) is 10.0. The lowest BCUT2D eigenvalue weighted by atomic mass is 10.0. The average Bonchev–Trinajstić information content (AvgIpc) is 2.53. The van der Waals surface area contributed by atoms with Crippen molar-refractivity contribution in [3.05, 3.63) is 70.0 Å². The molecule has 0 aliphatic heterocycles. The summed E-state index contributed by atoms with van der Waals surface area (Å²) < 4.78 is 0. The Bertz CT molecular complexity index is 650. The molecule has 0 saturated carbocycles. The number of hydrogen-bond donors (Lipinski definition) is 0. The third-order valence-corrected chi connectivity index (χ3v) is 5.61. The minimum atomic E-state index is -0.496. The maximum absolute atomic E-state index is 12.4. The van der Waals surface area contributed by atoms with E-state index in [0.29, 0.717) is 5.56 Å². The van der Waals surface area contributed by atoms with Gasteiger partial charge in [-0.25, -0.2) is 0 Å². The molecule has 0 aliphatic carbocycles. The molecular formula is C14H11Br3N2O3. The van der Waals surface area contributed by atoms with Crippen LogP contribution in [0.1, 0.15) is 20.7 Å². The van der Waals surface area contributed by atoms with Crippen LogP contribution in [0, 0.1) is 10.1 Å². The molecule has 0 N–H and O–H groups in total. The van der Waals surface area contributed by atoms with E-state index in [1.807, 2.05) is 12.1 Å². The van der Waals surface area contributed by atoms with Gasteiger partial charge in [0.25, 0.3) is 5.69 Å². The standard InChI is InChI=1S/C14H10Br2N2O3.BrH/c15-12(9-5-7-17-8-6-9)13(16)14(19)10-1-3-11(4-2-10)18(20)21;/h1-8,12-13H;1H. The van der Waals surface area contributed by atoms with E-state index in [0.717, 1.165) is 5.56 Å². The third kappa shape index (κ3) is 4.44. The monoisotopic (exact) mass is 492 g/mol. The van der Waals surface area contributed by atoms with Crippen LogP contribution in [0.4, 0.5) is 5.69 Å². The third-order valence-electron chi connectivity index (χ3n) is 2.89. The number of aromatic nitrogens is 1. The van der Waals surface area contributed by atoms with Crippen LogP contribution < -0.4 is 0 Å². The second-order valence-electron chi connectivity index (χ2n) is 4.25. The number of nitro groups is 1. The van der Waals surface area contributed by atoms with Gasteiger partial charge in [0.1, 0.15) is 0 Å². The Hall–Kier alpha value is -1.12. The predicted molar refractivity (Wildman–Crippen MR) is 96.4 cm³/mol. The summed E-state index contributed by atoms with van der Waals surface area (Å²) in [6.45, 7) is 0. The molecule has 2 unspecified atom stereocenters. The van der Waals surface area contributed by atoms with Crippen LogP contribution in [0.25, 0.3) is 0 Å². The molecule has 116 valence electrons. The summed E-state index contributed by atoms with van der Waals surface area (Å²) in [4.78, 5) is 25.7. The second kappa shape index (κ2) is 8.50. The fourth-order valence-electron chi connectivity index (χ4n) is 1.76. The molecule has 1 aromatic carbocycles. The van der Waals surface area contributed by atoms with E-state index >= 15 is 0 Å². The zero-order valence-electron chi connectivity index (χ0n) is 11.1. The molecule has 5 nitrogen and oxygen atoms in total. The van der Waals surface area contributed by atoms with Crippen LogP contribution in [-0.2, 0) is 0 Å². The lowest BCUT2D eigenvalue weighted by Crippen LogP contribution is -2.19. The zero-order valence-corrected chi connectivity index (χ0v) is 15.9. The van der Waals surface area contributed by atoms with E-state index in [9.17, 15) is 14.9 Å². The summed E-state index contributed by atoms with van der Waals surface area (Å²) >= 11 is 6.86. The van der Waals surface area contributed by atoms with Crippen LogP contribution in [-0.4, -0.2) is 20.5 Å². The molecule has 0 amide bonds. The largest absolute Gasteiger partial charge is 0.293 e. The molecule has 2 rings (SSSR count). The van der Waals surface area contributed by atoms with Gasteiger partial charge in [-0.1, -0.05) is 31.9 Å².